The second kappa shape index (κ2) is 6.09. The van der Waals surface area contributed by atoms with Crippen LogP contribution < -0.4 is 9.64 Å². The number of hydrogen-bond acceptors (Lipinski definition) is 3. The molecule has 0 spiro atoms. The highest BCUT2D eigenvalue weighted by Crippen LogP contribution is 2.70. The van der Waals surface area contributed by atoms with Crippen molar-refractivity contribution < 1.29 is 14.3 Å². The highest BCUT2D eigenvalue weighted by Gasteiger charge is 2.71. The Hall–Kier alpha value is -2.88. The molecule has 1 aliphatic heterocycles. The number of methoxy groups -OCH3 is 1. The van der Waals surface area contributed by atoms with E-state index in [1.54, 1.807) is 7.11 Å². The maximum absolute atomic E-state index is 13.7. The molecule has 4 fully saturated rings. The zero-order valence-corrected chi connectivity index (χ0v) is 17.5. The predicted molar refractivity (Wildman–Crippen MR) is 117 cm³/mol. The van der Waals surface area contributed by atoms with Crippen LogP contribution in [0.4, 0.5) is 5.69 Å². The second-order valence-corrected chi connectivity index (χ2v) is 9.98. The lowest BCUT2D eigenvalue weighted by Crippen LogP contribution is -2.38. The molecule has 156 valence electrons. The maximum atomic E-state index is 13.7. The summed E-state index contributed by atoms with van der Waals surface area (Å²) < 4.78 is 5.60. The second-order valence-electron chi connectivity index (χ2n) is 9.98. The summed E-state index contributed by atoms with van der Waals surface area (Å²) >= 11 is 0. The molecule has 31 heavy (non-hydrogen) atoms. The zero-order chi connectivity index (χ0) is 20.9. The van der Waals surface area contributed by atoms with Crippen molar-refractivity contribution in [3.63, 3.8) is 0 Å². The predicted octanol–water partition coefficient (Wildman–Crippen LogP) is 4.56. The monoisotopic (exact) mass is 411 g/mol. The Morgan fingerprint density at radius 1 is 0.806 bits per heavy atom. The standard InChI is InChI=1S/C27H25NO3/c1-31-21-10-9-15(14-5-3-2-4-6-14)12-20(21)28-26(29)24-18-13-19(25(24)27(28)30)23-17-8-7-16(11-17)22(18)23/h2-10,12,16-19,22-25H,11,13H2,1H3. The molecule has 1 saturated heterocycles. The maximum Gasteiger partial charge on any atom is 0.238 e. The quantitative estimate of drug-likeness (QED) is 0.423. The van der Waals surface area contributed by atoms with Crippen LogP contribution in [0.15, 0.2) is 60.7 Å². The van der Waals surface area contributed by atoms with Crippen molar-refractivity contribution >= 4 is 17.5 Å². The number of carbonyl (C=O) groups excluding carboxylic acids is 2. The average molecular weight is 412 g/mol. The number of amides is 2. The molecule has 4 heteroatoms. The van der Waals surface area contributed by atoms with Gasteiger partial charge in [-0.25, -0.2) is 4.90 Å². The molecule has 4 bridgehead atoms. The summed E-state index contributed by atoms with van der Waals surface area (Å²) in [7, 11) is 1.60. The van der Waals surface area contributed by atoms with E-state index in [2.05, 4.69) is 12.2 Å². The van der Waals surface area contributed by atoms with Crippen molar-refractivity contribution in [3.8, 4) is 16.9 Å². The first kappa shape index (κ1) is 17.8. The Balaban J connectivity index is 1.30. The molecule has 3 saturated carbocycles. The van der Waals surface area contributed by atoms with E-state index in [0.717, 1.165) is 17.5 Å². The van der Waals surface area contributed by atoms with Crippen molar-refractivity contribution in [3.05, 3.63) is 60.7 Å². The summed E-state index contributed by atoms with van der Waals surface area (Å²) in [4.78, 5) is 28.9. The molecule has 7 rings (SSSR count). The van der Waals surface area contributed by atoms with Crippen LogP contribution in [-0.4, -0.2) is 18.9 Å². The van der Waals surface area contributed by atoms with Crippen LogP contribution >= 0.6 is 0 Å². The summed E-state index contributed by atoms with van der Waals surface area (Å²) in [5.74, 6) is 3.48. The Labute approximate surface area is 181 Å². The number of imide groups is 1. The minimum Gasteiger partial charge on any atom is -0.495 e. The van der Waals surface area contributed by atoms with E-state index in [4.69, 9.17) is 4.74 Å². The molecule has 2 aromatic carbocycles. The molecule has 2 amide bonds. The van der Waals surface area contributed by atoms with E-state index in [-0.39, 0.29) is 23.7 Å². The van der Waals surface area contributed by atoms with Gasteiger partial charge in [0.25, 0.3) is 0 Å². The van der Waals surface area contributed by atoms with Crippen molar-refractivity contribution in [1.29, 1.82) is 0 Å². The van der Waals surface area contributed by atoms with Crippen molar-refractivity contribution in [2.75, 3.05) is 12.0 Å². The highest BCUT2D eigenvalue weighted by atomic mass is 16.5. The van der Waals surface area contributed by atoms with E-state index < -0.39 is 0 Å². The van der Waals surface area contributed by atoms with Gasteiger partial charge in [0.05, 0.1) is 24.6 Å². The van der Waals surface area contributed by atoms with Gasteiger partial charge >= 0.3 is 0 Å². The SMILES string of the molecule is COc1ccc(-c2ccccc2)cc1N1C(=O)C2C3CC(C2C1=O)C1C2C=CC(C2)C31. The normalized spacial score (nSPS) is 38.8. The molecule has 5 aliphatic rings. The molecule has 4 aliphatic carbocycles. The van der Waals surface area contributed by atoms with Crippen LogP contribution in [-0.2, 0) is 9.59 Å². The minimum absolute atomic E-state index is 0.00350. The number of nitrogens with zero attached hydrogens (tertiary/aromatic N) is 1. The average Bonchev–Trinajstić information content (AvgIpc) is 3.60. The number of hydrogen-bond donors (Lipinski definition) is 0. The first-order valence-corrected chi connectivity index (χ1v) is 11.5. The third-order valence-corrected chi connectivity index (χ3v) is 8.96. The number of allylic oxidation sites excluding steroid dienone is 2. The molecule has 1 heterocycles. The van der Waals surface area contributed by atoms with Crippen LogP contribution in [0, 0.1) is 47.3 Å². The first-order valence-electron chi connectivity index (χ1n) is 11.5. The lowest BCUT2D eigenvalue weighted by Gasteiger charge is -2.36. The third-order valence-electron chi connectivity index (χ3n) is 8.96. The van der Waals surface area contributed by atoms with E-state index >= 15 is 0 Å². The van der Waals surface area contributed by atoms with Gasteiger partial charge in [-0.15, -0.1) is 0 Å². The smallest absolute Gasteiger partial charge is 0.238 e. The van der Waals surface area contributed by atoms with Gasteiger partial charge in [-0.2, -0.15) is 0 Å². The minimum atomic E-state index is -0.142. The van der Waals surface area contributed by atoms with Crippen LogP contribution in [0.5, 0.6) is 5.75 Å². The summed E-state index contributed by atoms with van der Waals surface area (Å²) in [5, 5.41) is 0. The Morgan fingerprint density at radius 2 is 1.45 bits per heavy atom. The van der Waals surface area contributed by atoms with Crippen LogP contribution in [0.3, 0.4) is 0 Å². The fraction of sp³-hybridized carbons (Fsp3) is 0.407. The molecule has 8 atom stereocenters. The molecule has 0 aromatic heterocycles. The Bertz CT molecular complexity index is 1100. The summed E-state index contributed by atoms with van der Waals surface area (Å²) in [5.41, 5.74) is 2.64. The van der Waals surface area contributed by atoms with Crippen molar-refractivity contribution in [1.82, 2.24) is 0 Å². The number of carbonyl (C=O) groups is 2. The molecule has 2 aromatic rings. The summed E-state index contributed by atoms with van der Waals surface area (Å²) in [6, 6.07) is 15.9. The molecule has 0 radical (unpaired) electrons. The summed E-state index contributed by atoms with van der Waals surface area (Å²) in [6.45, 7) is 0. The molecule has 0 N–H and O–H groups in total. The van der Waals surface area contributed by atoms with Crippen LogP contribution in [0.25, 0.3) is 11.1 Å². The first-order chi connectivity index (χ1) is 15.2. The fourth-order valence-electron chi connectivity index (χ4n) is 8.03. The van der Waals surface area contributed by atoms with Crippen LogP contribution in [0.2, 0.25) is 0 Å². The molecule has 8 unspecified atom stereocenters. The van der Waals surface area contributed by atoms with Crippen LogP contribution in [0.1, 0.15) is 12.8 Å². The Morgan fingerprint density at radius 3 is 2.06 bits per heavy atom. The molecular formula is C27H25NO3. The fourth-order valence-corrected chi connectivity index (χ4v) is 8.03. The van der Waals surface area contributed by atoms with Gasteiger partial charge < -0.3 is 4.74 Å². The Kier molecular flexibility index (Phi) is 3.49. The van der Waals surface area contributed by atoms with E-state index in [1.165, 1.54) is 11.3 Å². The van der Waals surface area contributed by atoms with E-state index in [9.17, 15) is 9.59 Å². The topological polar surface area (TPSA) is 46.6 Å². The lowest BCUT2D eigenvalue weighted by molar-refractivity contribution is -0.123. The summed E-state index contributed by atoms with van der Waals surface area (Å²) in [6.07, 6.45) is 7.06. The van der Waals surface area contributed by atoms with Crippen molar-refractivity contribution in [2.45, 2.75) is 12.8 Å². The zero-order valence-electron chi connectivity index (χ0n) is 17.5. The van der Waals surface area contributed by atoms with Gasteiger partial charge in [0.15, 0.2) is 0 Å². The van der Waals surface area contributed by atoms with Gasteiger partial charge in [-0.1, -0.05) is 48.6 Å². The number of fused-ring (bicyclic) bond motifs is 12. The molecule has 4 nitrogen and oxygen atoms in total. The number of ether oxygens (including phenoxy) is 1. The van der Waals surface area contributed by atoms with Gasteiger partial charge in [0, 0.05) is 0 Å². The van der Waals surface area contributed by atoms with Gasteiger partial charge in [0.1, 0.15) is 5.75 Å². The number of anilines is 1. The van der Waals surface area contributed by atoms with Crippen molar-refractivity contribution in [2.24, 2.45) is 47.3 Å². The largest absolute Gasteiger partial charge is 0.495 e. The third kappa shape index (κ3) is 2.15. The molecular weight excluding hydrogens is 386 g/mol. The lowest BCUT2D eigenvalue weighted by atomic mass is 9.65. The number of benzene rings is 2. The number of rotatable bonds is 3. The van der Waals surface area contributed by atoms with E-state index in [0.29, 0.717) is 46.9 Å². The highest BCUT2D eigenvalue weighted by molar-refractivity contribution is 6.23. The van der Waals surface area contributed by atoms with E-state index in [1.807, 2.05) is 48.5 Å². The van der Waals surface area contributed by atoms with Gasteiger partial charge in [0.2, 0.25) is 11.8 Å². The van der Waals surface area contributed by atoms with Gasteiger partial charge in [-0.05, 0) is 71.6 Å². The van der Waals surface area contributed by atoms with Gasteiger partial charge in [-0.3, -0.25) is 9.59 Å².